The van der Waals surface area contributed by atoms with Gasteiger partial charge in [-0.2, -0.15) is 4.98 Å². The summed E-state index contributed by atoms with van der Waals surface area (Å²) in [5.41, 5.74) is 1.01. The molecule has 3 aliphatic rings. The van der Waals surface area contributed by atoms with Gasteiger partial charge in [0.15, 0.2) is 11.5 Å². The van der Waals surface area contributed by atoms with Gasteiger partial charge in [0.2, 0.25) is 5.95 Å². The zero-order valence-electron chi connectivity index (χ0n) is 18.4. The van der Waals surface area contributed by atoms with Crippen LogP contribution in [0.2, 0.25) is 0 Å². The smallest absolute Gasteiger partial charge is 0.412 e. The first-order valence-corrected chi connectivity index (χ1v) is 10.7. The van der Waals surface area contributed by atoms with Crippen molar-refractivity contribution in [2.75, 3.05) is 28.6 Å². The second-order valence-electron chi connectivity index (χ2n) is 9.03. The van der Waals surface area contributed by atoms with Crippen molar-refractivity contribution >= 4 is 46.8 Å². The van der Waals surface area contributed by atoms with Crippen LogP contribution in [0, 0.1) is 0 Å². The first-order chi connectivity index (χ1) is 16.2. The fourth-order valence-electron chi connectivity index (χ4n) is 4.69. The summed E-state index contributed by atoms with van der Waals surface area (Å²) in [7, 11) is 0. The molecule has 0 bridgehead atoms. The third-order valence-electron chi connectivity index (χ3n) is 6.33. The zero-order valence-corrected chi connectivity index (χ0v) is 18.4. The first-order valence-electron chi connectivity index (χ1n) is 10.7. The highest BCUT2D eigenvalue weighted by Crippen LogP contribution is 2.37. The molecule has 13 heteroatoms. The van der Waals surface area contributed by atoms with Crippen LogP contribution in [0.4, 0.5) is 32.7 Å². The van der Waals surface area contributed by atoms with Crippen molar-refractivity contribution < 1.29 is 19.1 Å². The van der Waals surface area contributed by atoms with Gasteiger partial charge < -0.3 is 20.3 Å². The van der Waals surface area contributed by atoms with E-state index in [1.54, 1.807) is 23.0 Å². The number of nitrogens with one attached hydrogen (secondary N) is 4. The lowest BCUT2D eigenvalue weighted by Crippen LogP contribution is -2.49. The molecule has 4 N–H and O–H groups in total. The van der Waals surface area contributed by atoms with Crippen LogP contribution in [0.3, 0.4) is 0 Å². The average Bonchev–Trinajstić information content (AvgIpc) is 3.43. The quantitative estimate of drug-likeness (QED) is 0.422. The van der Waals surface area contributed by atoms with E-state index in [-0.39, 0.29) is 12.5 Å². The molecular formula is C21H21N9O4. The monoisotopic (exact) mass is 463 g/mol. The summed E-state index contributed by atoms with van der Waals surface area (Å²) in [5, 5.41) is 15.4. The van der Waals surface area contributed by atoms with E-state index in [1.807, 2.05) is 30.9 Å². The van der Waals surface area contributed by atoms with Crippen LogP contribution in [0.1, 0.15) is 25.8 Å². The van der Waals surface area contributed by atoms with Crippen molar-refractivity contribution in [3.8, 4) is 0 Å². The van der Waals surface area contributed by atoms with Crippen LogP contribution in [0.5, 0.6) is 0 Å². The van der Waals surface area contributed by atoms with Crippen LogP contribution < -0.4 is 26.2 Å². The van der Waals surface area contributed by atoms with Gasteiger partial charge in [0.05, 0.1) is 12.2 Å². The van der Waals surface area contributed by atoms with Gasteiger partial charge in [0.1, 0.15) is 11.1 Å². The number of amides is 4. The SMILES string of the molecule is CC1(C)OC(=O)Nc2cc(Nc3nc4c(N5CCC6(C5)NC(=O)NC6=O)nccn4n3)ccc21. The summed E-state index contributed by atoms with van der Waals surface area (Å²) < 4.78 is 6.95. The topological polar surface area (TPSA) is 155 Å². The highest BCUT2D eigenvalue weighted by molar-refractivity contribution is 6.07. The molecule has 0 saturated carbocycles. The number of cyclic esters (lactones) is 1. The van der Waals surface area contributed by atoms with E-state index in [4.69, 9.17) is 4.74 Å². The Balaban J connectivity index is 1.28. The molecule has 1 spiro atoms. The molecule has 1 atom stereocenters. The number of imide groups is 1. The number of urea groups is 1. The lowest BCUT2D eigenvalue weighted by molar-refractivity contribution is -0.123. The predicted octanol–water partition coefficient (Wildman–Crippen LogP) is 1.45. The van der Waals surface area contributed by atoms with Gasteiger partial charge in [-0.1, -0.05) is 6.07 Å². The molecule has 4 amide bonds. The second-order valence-corrected chi connectivity index (χ2v) is 9.03. The number of rotatable bonds is 3. The third kappa shape index (κ3) is 3.08. The Morgan fingerprint density at radius 2 is 2.03 bits per heavy atom. The molecule has 174 valence electrons. The summed E-state index contributed by atoms with van der Waals surface area (Å²) in [4.78, 5) is 46.8. The Morgan fingerprint density at radius 1 is 1.18 bits per heavy atom. The highest BCUT2D eigenvalue weighted by atomic mass is 16.6. The van der Waals surface area contributed by atoms with E-state index in [1.165, 1.54) is 0 Å². The fourth-order valence-corrected chi connectivity index (χ4v) is 4.69. The average molecular weight is 463 g/mol. The molecule has 1 unspecified atom stereocenters. The summed E-state index contributed by atoms with van der Waals surface area (Å²) in [6.45, 7) is 4.48. The van der Waals surface area contributed by atoms with Crippen molar-refractivity contribution in [2.24, 2.45) is 0 Å². The van der Waals surface area contributed by atoms with Gasteiger partial charge in [-0.15, -0.1) is 5.10 Å². The van der Waals surface area contributed by atoms with E-state index >= 15 is 0 Å². The summed E-state index contributed by atoms with van der Waals surface area (Å²) in [6.07, 6.45) is 3.25. The maximum Gasteiger partial charge on any atom is 0.412 e. The minimum Gasteiger partial charge on any atom is -0.438 e. The molecule has 0 aliphatic carbocycles. The van der Waals surface area contributed by atoms with Crippen LogP contribution >= 0.6 is 0 Å². The summed E-state index contributed by atoms with van der Waals surface area (Å²) >= 11 is 0. The number of carbonyl (C=O) groups excluding carboxylic acids is 3. The standard InChI is InChI=1S/C21H21N9O4/c1-20(2)12-4-3-11(9-13(12)24-19(33)34-20)23-17-25-15-14(22-6-8-30(15)28-17)29-7-5-21(10-29)16(31)26-18(32)27-21/h3-4,6,8-9H,5,7,10H2,1-2H3,(H,23,28)(H,24,33)(H2,26,27,31,32). The van der Waals surface area contributed by atoms with Gasteiger partial charge in [-0.3, -0.25) is 15.4 Å². The molecule has 13 nitrogen and oxygen atoms in total. The molecule has 3 aliphatic heterocycles. The number of benzene rings is 1. The summed E-state index contributed by atoms with van der Waals surface area (Å²) in [5.74, 6) is 0.571. The van der Waals surface area contributed by atoms with Crippen molar-refractivity contribution in [2.45, 2.75) is 31.4 Å². The first kappa shape index (κ1) is 20.2. The molecule has 3 aromatic rings. The van der Waals surface area contributed by atoms with Crippen LogP contribution in [0.15, 0.2) is 30.6 Å². The Morgan fingerprint density at radius 3 is 2.82 bits per heavy atom. The Hall–Kier alpha value is -4.42. The molecule has 2 saturated heterocycles. The number of hydrogen-bond donors (Lipinski definition) is 4. The van der Waals surface area contributed by atoms with Crippen molar-refractivity contribution in [1.29, 1.82) is 0 Å². The van der Waals surface area contributed by atoms with Crippen molar-refractivity contribution in [3.05, 3.63) is 36.2 Å². The maximum absolute atomic E-state index is 12.3. The maximum atomic E-state index is 12.3. The third-order valence-corrected chi connectivity index (χ3v) is 6.33. The number of anilines is 4. The van der Waals surface area contributed by atoms with E-state index in [9.17, 15) is 14.4 Å². The fraction of sp³-hybridized carbons (Fsp3) is 0.333. The molecule has 5 heterocycles. The number of carbonyl (C=O) groups is 3. The zero-order chi connectivity index (χ0) is 23.7. The van der Waals surface area contributed by atoms with Crippen molar-refractivity contribution in [1.82, 2.24) is 30.2 Å². The Bertz CT molecular complexity index is 1380. The molecular weight excluding hydrogens is 442 g/mol. The molecule has 2 aromatic heterocycles. The normalized spacial score (nSPS) is 22.9. The number of aromatic nitrogens is 4. The lowest BCUT2D eigenvalue weighted by Gasteiger charge is -2.32. The Labute approximate surface area is 192 Å². The highest BCUT2D eigenvalue weighted by Gasteiger charge is 2.51. The number of ether oxygens (including phenoxy) is 1. The molecule has 34 heavy (non-hydrogen) atoms. The van der Waals surface area contributed by atoms with Gasteiger partial charge in [-0.05, 0) is 32.4 Å². The van der Waals surface area contributed by atoms with Crippen LogP contribution in [-0.2, 0) is 15.1 Å². The van der Waals surface area contributed by atoms with Crippen LogP contribution in [0.25, 0.3) is 5.65 Å². The number of nitrogens with zero attached hydrogens (tertiary/aromatic N) is 5. The molecule has 2 fully saturated rings. The minimum absolute atomic E-state index is 0.287. The summed E-state index contributed by atoms with van der Waals surface area (Å²) in [6, 6.07) is 5.05. The van der Waals surface area contributed by atoms with Gasteiger partial charge in [0.25, 0.3) is 5.91 Å². The number of hydrogen-bond acceptors (Lipinski definition) is 9. The molecule has 0 radical (unpaired) electrons. The van der Waals surface area contributed by atoms with Gasteiger partial charge in [-0.25, -0.2) is 19.1 Å². The predicted molar refractivity (Wildman–Crippen MR) is 120 cm³/mol. The van der Waals surface area contributed by atoms with E-state index in [0.717, 1.165) is 5.56 Å². The van der Waals surface area contributed by atoms with Gasteiger partial charge >= 0.3 is 12.1 Å². The Kier molecular flexibility index (Phi) is 4.04. The number of fused-ring (bicyclic) bond motifs is 2. The second kappa shape index (κ2) is 6.79. The largest absolute Gasteiger partial charge is 0.438 e. The van der Waals surface area contributed by atoms with E-state index in [0.29, 0.717) is 41.8 Å². The minimum atomic E-state index is -0.961. The lowest BCUT2D eigenvalue weighted by atomic mass is 9.94. The van der Waals surface area contributed by atoms with E-state index in [2.05, 4.69) is 36.3 Å². The van der Waals surface area contributed by atoms with Crippen LogP contribution in [-0.4, -0.2) is 56.2 Å². The van der Waals surface area contributed by atoms with Gasteiger partial charge in [0, 0.05) is 30.2 Å². The molecule has 6 rings (SSSR count). The molecule has 1 aromatic carbocycles. The van der Waals surface area contributed by atoms with Crippen molar-refractivity contribution in [3.63, 3.8) is 0 Å². The van der Waals surface area contributed by atoms with E-state index < -0.39 is 23.3 Å².